The maximum Gasteiger partial charge on any atom is 0.312 e. The Kier molecular flexibility index (Phi) is 1.73. The largest absolute Gasteiger partial charge is 0.350 e. The van der Waals surface area contributed by atoms with Crippen molar-refractivity contribution in [1.29, 1.82) is 0 Å². The van der Waals surface area contributed by atoms with Crippen LogP contribution in [-0.2, 0) is 0 Å². The zero-order chi connectivity index (χ0) is 11.3. The molecule has 2 aromatic rings. The average Bonchev–Trinajstić information content (AvgIpc) is 2.65. The van der Waals surface area contributed by atoms with Gasteiger partial charge >= 0.3 is 5.91 Å². The predicted molar refractivity (Wildman–Crippen MR) is 56.8 cm³/mol. The molecule has 0 atom stereocenters. The van der Waals surface area contributed by atoms with E-state index < -0.39 is 11.8 Å². The highest BCUT2D eigenvalue weighted by molar-refractivity contribution is 6.37. The summed E-state index contributed by atoms with van der Waals surface area (Å²) in [6, 6.07) is 5.12. The molecule has 0 radical (unpaired) electrons. The molecule has 0 saturated carbocycles. The van der Waals surface area contributed by atoms with Gasteiger partial charge in [-0.1, -0.05) is 17.7 Å². The van der Waals surface area contributed by atoms with Crippen molar-refractivity contribution < 1.29 is 9.59 Å². The summed E-state index contributed by atoms with van der Waals surface area (Å²) in [6.07, 6.45) is 0. The number of amides is 2. The van der Waals surface area contributed by atoms with Crippen LogP contribution in [0.3, 0.4) is 0 Å². The first kappa shape index (κ1) is 9.23. The number of aromatic amines is 1. The van der Waals surface area contributed by atoms with E-state index in [1.54, 1.807) is 18.2 Å². The summed E-state index contributed by atoms with van der Waals surface area (Å²) in [5.74, 6) is -1.10. The van der Waals surface area contributed by atoms with E-state index in [9.17, 15) is 9.59 Å². The number of hydrogen-bond donors (Lipinski definition) is 1. The minimum Gasteiger partial charge on any atom is -0.350 e. The van der Waals surface area contributed by atoms with Crippen LogP contribution < -0.4 is 0 Å². The first-order chi connectivity index (χ1) is 7.68. The molecule has 1 N–H and O–H groups in total. The Morgan fingerprint density at radius 1 is 1.12 bits per heavy atom. The van der Waals surface area contributed by atoms with Crippen LogP contribution in [0.15, 0.2) is 28.4 Å². The standard InChI is InChI=1S/C10H4ClN3O2/c11-4-2-1-3-5-6(4)7-8(12-5)10(16)14-13-9(7)15/h1-3,12H. The minimum atomic E-state index is -0.554. The van der Waals surface area contributed by atoms with Gasteiger partial charge in [-0.25, -0.2) is 0 Å². The molecule has 0 saturated heterocycles. The molecule has 0 fully saturated rings. The Balaban J connectivity index is 2.51. The number of benzene rings is 1. The molecular weight excluding hydrogens is 230 g/mol. The molecule has 0 spiro atoms. The summed E-state index contributed by atoms with van der Waals surface area (Å²) in [6.45, 7) is 0. The van der Waals surface area contributed by atoms with Gasteiger partial charge in [-0.2, -0.15) is 0 Å². The van der Waals surface area contributed by atoms with Crippen LogP contribution in [0.1, 0.15) is 20.8 Å². The third kappa shape index (κ3) is 1.06. The third-order valence-corrected chi connectivity index (χ3v) is 2.75. The van der Waals surface area contributed by atoms with Gasteiger partial charge in [0, 0.05) is 10.9 Å². The van der Waals surface area contributed by atoms with Crippen LogP contribution in [0.2, 0.25) is 5.02 Å². The quantitative estimate of drug-likeness (QED) is 0.759. The SMILES string of the molecule is O=C1N=NC(=O)c2c1[nH]c1cccc(Cl)c21. The normalized spacial score (nSPS) is 14.6. The Labute approximate surface area is 94.1 Å². The number of nitrogens with one attached hydrogen (secondary N) is 1. The van der Waals surface area contributed by atoms with Crippen molar-refractivity contribution in [2.75, 3.05) is 0 Å². The Morgan fingerprint density at radius 2 is 1.88 bits per heavy atom. The monoisotopic (exact) mass is 233 g/mol. The summed E-state index contributed by atoms with van der Waals surface area (Å²) in [5, 5.41) is 7.45. The molecule has 1 aliphatic heterocycles. The fourth-order valence-corrected chi connectivity index (χ4v) is 2.04. The van der Waals surface area contributed by atoms with Crippen LogP contribution >= 0.6 is 11.6 Å². The van der Waals surface area contributed by atoms with Crippen molar-refractivity contribution in [1.82, 2.24) is 4.98 Å². The van der Waals surface area contributed by atoms with Crippen molar-refractivity contribution in [2.45, 2.75) is 0 Å². The minimum absolute atomic E-state index is 0.156. The topological polar surface area (TPSA) is 74.7 Å². The number of carbonyl (C=O) groups is 2. The number of halogens is 1. The number of azo groups is 1. The lowest BCUT2D eigenvalue weighted by molar-refractivity contribution is 0.0919. The second-order valence-electron chi connectivity index (χ2n) is 3.35. The maximum absolute atomic E-state index is 11.6. The first-order valence-corrected chi connectivity index (χ1v) is 4.87. The van der Waals surface area contributed by atoms with Crippen LogP contribution in [0.25, 0.3) is 10.9 Å². The summed E-state index contributed by atoms with van der Waals surface area (Å²) in [7, 11) is 0. The van der Waals surface area contributed by atoms with Crippen molar-refractivity contribution in [3.63, 3.8) is 0 Å². The van der Waals surface area contributed by atoms with Crippen LogP contribution in [0, 0.1) is 0 Å². The molecule has 1 aromatic heterocycles. The van der Waals surface area contributed by atoms with Crippen molar-refractivity contribution >= 4 is 34.3 Å². The van der Waals surface area contributed by atoms with Crippen molar-refractivity contribution in [2.24, 2.45) is 10.2 Å². The van der Waals surface area contributed by atoms with Gasteiger partial charge in [0.25, 0.3) is 5.91 Å². The Morgan fingerprint density at radius 3 is 2.69 bits per heavy atom. The maximum atomic E-state index is 11.6. The van der Waals surface area contributed by atoms with Gasteiger partial charge < -0.3 is 4.98 Å². The smallest absolute Gasteiger partial charge is 0.312 e. The number of fused-ring (bicyclic) bond motifs is 3. The molecular formula is C10H4ClN3O2. The van der Waals surface area contributed by atoms with Crippen LogP contribution in [0.4, 0.5) is 0 Å². The van der Waals surface area contributed by atoms with Gasteiger partial charge in [0.05, 0.1) is 10.6 Å². The average molecular weight is 234 g/mol. The fraction of sp³-hybridized carbons (Fsp3) is 0. The van der Waals surface area contributed by atoms with E-state index in [1.807, 2.05) is 0 Å². The highest BCUT2D eigenvalue weighted by atomic mass is 35.5. The van der Waals surface area contributed by atoms with E-state index in [2.05, 4.69) is 15.2 Å². The van der Waals surface area contributed by atoms with Gasteiger partial charge in [0.15, 0.2) is 0 Å². The van der Waals surface area contributed by atoms with Gasteiger partial charge in [0.2, 0.25) is 0 Å². The van der Waals surface area contributed by atoms with Crippen LogP contribution in [0.5, 0.6) is 0 Å². The first-order valence-electron chi connectivity index (χ1n) is 4.49. The molecule has 16 heavy (non-hydrogen) atoms. The molecule has 78 valence electrons. The molecule has 1 aromatic carbocycles. The van der Waals surface area contributed by atoms with E-state index in [0.717, 1.165) is 0 Å². The van der Waals surface area contributed by atoms with E-state index in [1.165, 1.54) is 0 Å². The van der Waals surface area contributed by atoms with E-state index in [0.29, 0.717) is 15.9 Å². The van der Waals surface area contributed by atoms with Gasteiger partial charge in [-0.3, -0.25) is 9.59 Å². The molecule has 3 rings (SSSR count). The molecule has 6 heteroatoms. The zero-order valence-electron chi connectivity index (χ0n) is 7.82. The predicted octanol–water partition coefficient (Wildman–Crippen LogP) is 2.57. The number of aromatic nitrogens is 1. The van der Waals surface area contributed by atoms with Crippen molar-refractivity contribution in [3.05, 3.63) is 34.5 Å². The Hall–Kier alpha value is -2.01. The van der Waals surface area contributed by atoms with E-state index in [-0.39, 0.29) is 11.3 Å². The second-order valence-corrected chi connectivity index (χ2v) is 3.75. The molecule has 2 amide bonds. The molecule has 0 bridgehead atoms. The van der Waals surface area contributed by atoms with Gasteiger partial charge in [-0.05, 0) is 12.1 Å². The molecule has 5 nitrogen and oxygen atoms in total. The lowest BCUT2D eigenvalue weighted by atomic mass is 10.1. The van der Waals surface area contributed by atoms with Crippen molar-refractivity contribution in [3.8, 4) is 0 Å². The van der Waals surface area contributed by atoms with Crippen LogP contribution in [-0.4, -0.2) is 16.8 Å². The van der Waals surface area contributed by atoms with Gasteiger partial charge in [-0.15, -0.1) is 10.2 Å². The number of carbonyl (C=O) groups excluding carboxylic acids is 2. The molecule has 0 aliphatic carbocycles. The summed E-state index contributed by atoms with van der Waals surface area (Å²) >= 11 is 5.99. The zero-order valence-corrected chi connectivity index (χ0v) is 8.58. The highest BCUT2D eigenvalue weighted by Crippen LogP contribution is 2.31. The summed E-state index contributed by atoms with van der Waals surface area (Å²) < 4.78 is 0. The highest BCUT2D eigenvalue weighted by Gasteiger charge is 2.28. The second kappa shape index (κ2) is 2.99. The van der Waals surface area contributed by atoms with E-state index in [4.69, 9.17) is 11.6 Å². The number of H-pyrrole nitrogens is 1. The third-order valence-electron chi connectivity index (χ3n) is 2.43. The molecule has 1 aliphatic rings. The fourth-order valence-electron chi connectivity index (χ4n) is 1.77. The van der Waals surface area contributed by atoms with E-state index >= 15 is 0 Å². The molecule has 2 heterocycles. The summed E-state index contributed by atoms with van der Waals surface area (Å²) in [4.78, 5) is 25.8. The van der Waals surface area contributed by atoms with Gasteiger partial charge in [0.1, 0.15) is 5.69 Å². The summed E-state index contributed by atoms with van der Waals surface area (Å²) in [5.41, 5.74) is 0.996. The number of hydrogen-bond acceptors (Lipinski definition) is 2. The lowest BCUT2D eigenvalue weighted by Gasteiger charge is -2.01. The molecule has 0 unspecified atom stereocenters. The lowest BCUT2D eigenvalue weighted by Crippen LogP contribution is -2.09. The number of rotatable bonds is 0. The number of nitrogens with zero attached hydrogens (tertiary/aromatic N) is 2. The Bertz CT molecular complexity index is 672.